The summed E-state index contributed by atoms with van der Waals surface area (Å²) >= 11 is 0. The van der Waals surface area contributed by atoms with Crippen LogP contribution in [-0.2, 0) is 14.4 Å². The number of amides is 3. The molecule has 1 aliphatic heterocycles. The second-order valence-corrected chi connectivity index (χ2v) is 5.78. The number of carbonyl (C=O) groups is 4. The fourth-order valence-electron chi connectivity index (χ4n) is 2.67. The van der Waals surface area contributed by atoms with Gasteiger partial charge in [-0.25, -0.2) is 0 Å². The first-order chi connectivity index (χ1) is 11.9. The smallest absolute Gasteiger partial charge is 0.305 e. The molecule has 1 heterocycles. The van der Waals surface area contributed by atoms with Gasteiger partial charge in [0.2, 0.25) is 11.8 Å². The Morgan fingerprint density at radius 3 is 2.80 bits per heavy atom. The van der Waals surface area contributed by atoms with Crippen LogP contribution in [0.4, 0.5) is 5.69 Å². The Morgan fingerprint density at radius 1 is 1.36 bits per heavy atom. The number of benzene rings is 1. The minimum absolute atomic E-state index is 0.145. The van der Waals surface area contributed by atoms with Gasteiger partial charge in [0.1, 0.15) is 6.04 Å². The number of aliphatic carboxylic acids is 1. The van der Waals surface area contributed by atoms with E-state index in [1.54, 1.807) is 18.2 Å². The number of piperazine rings is 1. The lowest BCUT2D eigenvalue weighted by atomic mass is 10.1. The summed E-state index contributed by atoms with van der Waals surface area (Å²) in [6.07, 6.45) is 0.639. The average molecular weight is 347 g/mol. The molecular formula is C17H21N3O5. The van der Waals surface area contributed by atoms with E-state index in [0.29, 0.717) is 24.1 Å². The lowest BCUT2D eigenvalue weighted by Gasteiger charge is -2.34. The molecule has 0 unspecified atom stereocenters. The van der Waals surface area contributed by atoms with Crippen LogP contribution in [0, 0.1) is 0 Å². The van der Waals surface area contributed by atoms with Gasteiger partial charge in [0.05, 0.1) is 6.42 Å². The van der Waals surface area contributed by atoms with Gasteiger partial charge >= 0.3 is 5.97 Å². The lowest BCUT2D eigenvalue weighted by Crippen LogP contribution is -2.57. The monoisotopic (exact) mass is 347 g/mol. The van der Waals surface area contributed by atoms with E-state index in [4.69, 9.17) is 5.11 Å². The molecule has 0 bridgehead atoms. The van der Waals surface area contributed by atoms with E-state index in [2.05, 4.69) is 10.6 Å². The van der Waals surface area contributed by atoms with Crippen molar-refractivity contribution in [2.45, 2.75) is 32.2 Å². The molecule has 1 saturated heterocycles. The summed E-state index contributed by atoms with van der Waals surface area (Å²) < 4.78 is 0. The zero-order chi connectivity index (χ0) is 18.4. The van der Waals surface area contributed by atoms with E-state index in [1.165, 1.54) is 11.0 Å². The van der Waals surface area contributed by atoms with Gasteiger partial charge in [-0.15, -0.1) is 0 Å². The Hall–Kier alpha value is -2.90. The Balaban J connectivity index is 2.19. The van der Waals surface area contributed by atoms with Crippen molar-refractivity contribution < 1.29 is 24.3 Å². The van der Waals surface area contributed by atoms with E-state index >= 15 is 0 Å². The molecule has 0 aliphatic carbocycles. The highest BCUT2D eigenvalue weighted by Crippen LogP contribution is 2.17. The third-order valence-electron chi connectivity index (χ3n) is 3.83. The van der Waals surface area contributed by atoms with Gasteiger partial charge in [-0.2, -0.15) is 0 Å². The third kappa shape index (κ3) is 4.79. The van der Waals surface area contributed by atoms with E-state index < -0.39 is 30.2 Å². The molecule has 1 aliphatic rings. The van der Waals surface area contributed by atoms with Gasteiger partial charge < -0.3 is 20.6 Å². The molecule has 8 nitrogen and oxygen atoms in total. The fraction of sp³-hybridized carbons (Fsp3) is 0.412. The predicted octanol–water partition coefficient (Wildman–Crippen LogP) is 0.840. The maximum Gasteiger partial charge on any atom is 0.305 e. The van der Waals surface area contributed by atoms with Crippen molar-refractivity contribution in [2.24, 2.45) is 0 Å². The number of hydrogen-bond donors (Lipinski definition) is 3. The van der Waals surface area contributed by atoms with E-state index in [1.807, 2.05) is 6.92 Å². The van der Waals surface area contributed by atoms with Crippen molar-refractivity contribution in [2.75, 3.05) is 18.4 Å². The number of carbonyl (C=O) groups excluding carboxylic acids is 3. The van der Waals surface area contributed by atoms with Crippen LogP contribution in [0.15, 0.2) is 24.3 Å². The van der Waals surface area contributed by atoms with Crippen molar-refractivity contribution >= 4 is 29.4 Å². The molecule has 0 saturated carbocycles. The van der Waals surface area contributed by atoms with Crippen LogP contribution < -0.4 is 10.6 Å². The van der Waals surface area contributed by atoms with Crippen LogP contribution >= 0.6 is 0 Å². The average Bonchev–Trinajstić information content (AvgIpc) is 2.56. The zero-order valence-corrected chi connectivity index (χ0v) is 13.9. The third-order valence-corrected chi connectivity index (χ3v) is 3.83. The summed E-state index contributed by atoms with van der Waals surface area (Å²) in [5, 5.41) is 14.3. The minimum Gasteiger partial charge on any atom is -0.481 e. The summed E-state index contributed by atoms with van der Waals surface area (Å²) in [7, 11) is 0. The molecule has 0 radical (unpaired) electrons. The highest BCUT2D eigenvalue weighted by atomic mass is 16.4. The highest BCUT2D eigenvalue weighted by molar-refractivity contribution is 6.00. The zero-order valence-electron chi connectivity index (χ0n) is 13.9. The van der Waals surface area contributed by atoms with Crippen LogP contribution in [0.1, 0.15) is 36.5 Å². The van der Waals surface area contributed by atoms with Crippen molar-refractivity contribution in [3.63, 3.8) is 0 Å². The summed E-state index contributed by atoms with van der Waals surface area (Å²) in [5.41, 5.74) is 0.778. The molecule has 1 fully saturated rings. The number of nitrogens with one attached hydrogen (secondary N) is 2. The topological polar surface area (TPSA) is 116 Å². The number of carboxylic acids is 1. The molecular weight excluding hydrogens is 326 g/mol. The Bertz CT molecular complexity index is 689. The lowest BCUT2D eigenvalue weighted by molar-refractivity contribution is -0.142. The van der Waals surface area contributed by atoms with E-state index in [-0.39, 0.29) is 19.0 Å². The van der Waals surface area contributed by atoms with Crippen LogP contribution in [0.2, 0.25) is 0 Å². The molecule has 3 N–H and O–H groups in total. The Labute approximate surface area is 145 Å². The standard InChI is InChI=1S/C17H21N3O5/c1-2-4-14(21)19-12-6-3-5-11(9-12)17(25)20-8-7-18-16(24)13(20)10-15(22)23/h3,5-6,9,13H,2,4,7-8,10H2,1H3,(H,18,24)(H,19,21)(H,22,23)/t13-/m0/s1. The largest absolute Gasteiger partial charge is 0.481 e. The van der Waals surface area contributed by atoms with Crippen LogP contribution in [-0.4, -0.2) is 52.8 Å². The second-order valence-electron chi connectivity index (χ2n) is 5.78. The molecule has 1 atom stereocenters. The molecule has 1 aromatic rings. The second kappa shape index (κ2) is 8.27. The molecule has 8 heteroatoms. The van der Waals surface area contributed by atoms with Crippen molar-refractivity contribution in [3.05, 3.63) is 29.8 Å². The first-order valence-electron chi connectivity index (χ1n) is 8.12. The fourth-order valence-corrected chi connectivity index (χ4v) is 2.67. The van der Waals surface area contributed by atoms with Gasteiger partial charge in [-0.1, -0.05) is 13.0 Å². The molecule has 2 rings (SSSR count). The number of nitrogens with zero attached hydrogens (tertiary/aromatic N) is 1. The molecule has 25 heavy (non-hydrogen) atoms. The quantitative estimate of drug-likeness (QED) is 0.705. The number of rotatable bonds is 6. The number of hydrogen-bond acceptors (Lipinski definition) is 4. The van der Waals surface area contributed by atoms with Crippen LogP contribution in [0.3, 0.4) is 0 Å². The first kappa shape index (κ1) is 18.4. The van der Waals surface area contributed by atoms with Crippen molar-refractivity contribution in [1.29, 1.82) is 0 Å². The molecule has 3 amide bonds. The van der Waals surface area contributed by atoms with Gasteiger partial charge in [-0.05, 0) is 24.6 Å². The maximum atomic E-state index is 12.7. The van der Waals surface area contributed by atoms with Gasteiger partial charge in [0.15, 0.2) is 0 Å². The Kier molecular flexibility index (Phi) is 6.10. The van der Waals surface area contributed by atoms with Gasteiger partial charge in [0.25, 0.3) is 5.91 Å². The Morgan fingerprint density at radius 2 is 2.12 bits per heavy atom. The van der Waals surface area contributed by atoms with Crippen LogP contribution in [0.5, 0.6) is 0 Å². The SMILES string of the molecule is CCCC(=O)Nc1cccc(C(=O)N2CCNC(=O)[C@@H]2CC(=O)O)c1. The van der Waals surface area contributed by atoms with E-state index in [0.717, 1.165) is 0 Å². The first-order valence-corrected chi connectivity index (χ1v) is 8.12. The molecule has 134 valence electrons. The summed E-state index contributed by atoms with van der Waals surface area (Å²) in [5.74, 6) is -2.21. The van der Waals surface area contributed by atoms with E-state index in [9.17, 15) is 19.2 Å². The van der Waals surface area contributed by atoms with Crippen molar-refractivity contribution in [1.82, 2.24) is 10.2 Å². The summed E-state index contributed by atoms with van der Waals surface area (Å²) in [6.45, 7) is 2.39. The van der Waals surface area contributed by atoms with Crippen LogP contribution in [0.25, 0.3) is 0 Å². The summed E-state index contributed by atoms with van der Waals surface area (Å²) in [4.78, 5) is 48.6. The maximum absolute atomic E-state index is 12.7. The summed E-state index contributed by atoms with van der Waals surface area (Å²) in [6, 6.07) is 5.35. The van der Waals surface area contributed by atoms with Crippen molar-refractivity contribution in [3.8, 4) is 0 Å². The molecule has 0 spiro atoms. The van der Waals surface area contributed by atoms with Gasteiger partial charge in [0, 0.05) is 30.8 Å². The molecule has 0 aromatic heterocycles. The number of carboxylic acid groups (broad SMARTS) is 1. The number of anilines is 1. The molecule has 1 aromatic carbocycles. The van der Waals surface area contributed by atoms with Gasteiger partial charge in [-0.3, -0.25) is 19.2 Å². The highest BCUT2D eigenvalue weighted by Gasteiger charge is 2.35. The predicted molar refractivity (Wildman–Crippen MR) is 90.1 cm³/mol. The normalized spacial score (nSPS) is 16.9. The minimum atomic E-state index is -1.15.